The lowest BCUT2D eigenvalue weighted by molar-refractivity contribution is 0.0472. The van der Waals surface area contributed by atoms with Crippen molar-refractivity contribution in [3.63, 3.8) is 0 Å². The minimum Gasteiger partial charge on any atom is -0.344 e. The third-order valence-corrected chi connectivity index (χ3v) is 6.82. The Morgan fingerprint density at radius 1 is 1.07 bits per heavy atom. The molecule has 0 saturated carbocycles. The Labute approximate surface area is 172 Å². The average Bonchev–Trinajstić information content (AvgIpc) is 3.18. The lowest BCUT2D eigenvalue weighted by atomic mass is 9.92. The number of piperidine rings is 2. The van der Waals surface area contributed by atoms with Crippen molar-refractivity contribution in [2.45, 2.75) is 37.4 Å². The lowest BCUT2D eigenvalue weighted by Crippen LogP contribution is -2.48. The predicted octanol–water partition coefficient (Wildman–Crippen LogP) is 3.25. The molecular formula is C23H32FN5. The van der Waals surface area contributed by atoms with Crippen LogP contribution in [0.15, 0.2) is 42.7 Å². The van der Waals surface area contributed by atoms with Crippen LogP contribution in [0.4, 0.5) is 10.1 Å². The molecule has 1 aromatic heterocycles. The summed E-state index contributed by atoms with van der Waals surface area (Å²) in [6, 6.07) is 9.50. The molecule has 0 spiro atoms. The van der Waals surface area contributed by atoms with Gasteiger partial charge in [-0.1, -0.05) is 6.08 Å². The standard InChI is InChI=1S/C23H32FN5/c24-23(7-10-25-11-8-23)17-27-13-5-20(6-14-27)29-15-4-19-16-21(2-3-22(19)29)28-12-1-9-26-18-28/h1-4,12,15-16,20,25-26H,5-11,13-14,17-18H2. The molecular weight excluding hydrogens is 365 g/mol. The molecule has 0 atom stereocenters. The number of halogens is 1. The molecule has 0 unspecified atom stereocenters. The summed E-state index contributed by atoms with van der Waals surface area (Å²) in [6.07, 6.45) is 10.0. The van der Waals surface area contributed by atoms with E-state index < -0.39 is 5.67 Å². The summed E-state index contributed by atoms with van der Waals surface area (Å²) in [7, 11) is 0. The molecule has 5 rings (SSSR count). The maximum atomic E-state index is 15.0. The second-order valence-corrected chi connectivity index (χ2v) is 8.84. The van der Waals surface area contributed by atoms with Gasteiger partial charge in [-0.15, -0.1) is 0 Å². The first-order valence-electron chi connectivity index (χ1n) is 11.1. The van der Waals surface area contributed by atoms with Crippen molar-refractivity contribution in [2.24, 2.45) is 0 Å². The molecule has 3 aliphatic heterocycles. The maximum Gasteiger partial charge on any atom is 0.126 e. The molecule has 2 N–H and O–H groups in total. The van der Waals surface area contributed by atoms with Crippen LogP contribution in [0.5, 0.6) is 0 Å². The molecule has 2 saturated heterocycles. The van der Waals surface area contributed by atoms with Gasteiger partial charge in [0.15, 0.2) is 0 Å². The number of hydrogen-bond acceptors (Lipinski definition) is 4. The SMILES string of the molecule is FC1(CN2CCC(n3ccc4cc(N5C=CCNC5)ccc43)CC2)CCNCC1. The average molecular weight is 398 g/mol. The number of hydrogen-bond donors (Lipinski definition) is 2. The van der Waals surface area contributed by atoms with Gasteiger partial charge < -0.3 is 19.7 Å². The molecule has 3 aliphatic rings. The van der Waals surface area contributed by atoms with E-state index in [2.05, 4.69) is 67.7 Å². The minimum absolute atomic E-state index is 0.509. The van der Waals surface area contributed by atoms with Crippen molar-refractivity contribution in [2.75, 3.05) is 50.8 Å². The van der Waals surface area contributed by atoms with Gasteiger partial charge in [-0.05, 0) is 63.0 Å². The molecule has 6 heteroatoms. The lowest BCUT2D eigenvalue weighted by Gasteiger charge is -2.39. The fourth-order valence-electron chi connectivity index (χ4n) is 5.12. The van der Waals surface area contributed by atoms with E-state index in [0.29, 0.717) is 25.4 Å². The summed E-state index contributed by atoms with van der Waals surface area (Å²) in [5, 5.41) is 7.94. The Morgan fingerprint density at radius 2 is 1.90 bits per heavy atom. The summed E-state index contributed by atoms with van der Waals surface area (Å²) < 4.78 is 17.5. The zero-order valence-corrected chi connectivity index (χ0v) is 17.1. The van der Waals surface area contributed by atoms with Crippen LogP contribution in [0.25, 0.3) is 10.9 Å². The number of nitrogens with zero attached hydrogens (tertiary/aromatic N) is 3. The van der Waals surface area contributed by atoms with Crippen molar-refractivity contribution < 1.29 is 4.39 Å². The second-order valence-electron chi connectivity index (χ2n) is 8.84. The van der Waals surface area contributed by atoms with Gasteiger partial charge in [0.25, 0.3) is 0 Å². The predicted molar refractivity (Wildman–Crippen MR) is 117 cm³/mol. The molecule has 0 radical (unpaired) electrons. The van der Waals surface area contributed by atoms with Crippen molar-refractivity contribution in [1.82, 2.24) is 20.1 Å². The summed E-state index contributed by atoms with van der Waals surface area (Å²) in [4.78, 5) is 4.59. The van der Waals surface area contributed by atoms with Crippen LogP contribution in [0.3, 0.4) is 0 Å². The summed E-state index contributed by atoms with van der Waals surface area (Å²) in [6.45, 7) is 6.01. The first-order valence-corrected chi connectivity index (χ1v) is 11.1. The molecule has 2 fully saturated rings. The number of rotatable bonds is 4. The Morgan fingerprint density at radius 3 is 2.66 bits per heavy atom. The van der Waals surface area contributed by atoms with Crippen LogP contribution >= 0.6 is 0 Å². The smallest absolute Gasteiger partial charge is 0.126 e. The van der Waals surface area contributed by atoms with Crippen molar-refractivity contribution >= 4 is 16.6 Å². The summed E-state index contributed by atoms with van der Waals surface area (Å²) in [5.74, 6) is 0. The molecule has 1 aromatic carbocycles. The van der Waals surface area contributed by atoms with Gasteiger partial charge >= 0.3 is 0 Å². The Bertz CT molecular complexity index is 861. The fourth-order valence-corrected chi connectivity index (χ4v) is 5.12. The van der Waals surface area contributed by atoms with E-state index in [1.54, 1.807) is 0 Å². The zero-order valence-electron chi connectivity index (χ0n) is 17.1. The van der Waals surface area contributed by atoms with Gasteiger partial charge in [-0.2, -0.15) is 0 Å². The van der Waals surface area contributed by atoms with Crippen LogP contribution in [0, 0.1) is 0 Å². The van der Waals surface area contributed by atoms with E-state index in [0.717, 1.165) is 52.2 Å². The molecule has 4 heterocycles. The summed E-state index contributed by atoms with van der Waals surface area (Å²) in [5.41, 5.74) is 1.54. The molecule has 0 amide bonds. The highest BCUT2D eigenvalue weighted by atomic mass is 19.1. The third-order valence-electron chi connectivity index (χ3n) is 6.82. The molecule has 5 nitrogen and oxygen atoms in total. The van der Waals surface area contributed by atoms with E-state index in [1.165, 1.54) is 16.6 Å². The molecule has 2 aromatic rings. The number of benzene rings is 1. The normalized spacial score (nSPS) is 23.7. The number of anilines is 1. The highest BCUT2D eigenvalue weighted by Gasteiger charge is 2.35. The Kier molecular flexibility index (Phi) is 5.33. The number of likely N-dealkylation sites (tertiary alicyclic amines) is 1. The van der Waals surface area contributed by atoms with Gasteiger partial charge in [0.2, 0.25) is 0 Å². The van der Waals surface area contributed by atoms with E-state index in [9.17, 15) is 0 Å². The van der Waals surface area contributed by atoms with Crippen LogP contribution in [0.2, 0.25) is 0 Å². The van der Waals surface area contributed by atoms with Gasteiger partial charge in [0.1, 0.15) is 5.67 Å². The third kappa shape index (κ3) is 4.06. The van der Waals surface area contributed by atoms with E-state index in [1.807, 2.05) is 0 Å². The highest BCUT2D eigenvalue weighted by Crippen LogP contribution is 2.32. The quantitative estimate of drug-likeness (QED) is 0.830. The Hall–Kier alpha value is -1.89. The van der Waals surface area contributed by atoms with Gasteiger partial charge in [0.05, 0.1) is 6.67 Å². The maximum absolute atomic E-state index is 15.0. The first-order chi connectivity index (χ1) is 14.2. The monoisotopic (exact) mass is 397 g/mol. The fraction of sp³-hybridized carbons (Fsp3) is 0.565. The number of aromatic nitrogens is 1. The van der Waals surface area contributed by atoms with Crippen molar-refractivity contribution in [3.8, 4) is 0 Å². The Balaban J connectivity index is 1.25. The van der Waals surface area contributed by atoms with Crippen LogP contribution in [-0.4, -0.2) is 61.1 Å². The highest BCUT2D eigenvalue weighted by molar-refractivity contribution is 5.84. The van der Waals surface area contributed by atoms with Gasteiger partial charge in [-0.3, -0.25) is 5.32 Å². The summed E-state index contributed by atoms with van der Waals surface area (Å²) >= 11 is 0. The van der Waals surface area contributed by atoms with Crippen molar-refractivity contribution in [1.29, 1.82) is 0 Å². The topological polar surface area (TPSA) is 35.5 Å². The molecule has 156 valence electrons. The second kappa shape index (κ2) is 8.09. The van der Waals surface area contributed by atoms with Crippen LogP contribution < -0.4 is 15.5 Å². The first kappa shape index (κ1) is 19.1. The zero-order chi connectivity index (χ0) is 19.7. The minimum atomic E-state index is -0.994. The van der Waals surface area contributed by atoms with E-state index in [-0.39, 0.29) is 0 Å². The molecule has 29 heavy (non-hydrogen) atoms. The largest absolute Gasteiger partial charge is 0.344 e. The number of nitrogens with one attached hydrogen (secondary N) is 2. The van der Waals surface area contributed by atoms with Crippen molar-refractivity contribution in [3.05, 3.63) is 42.7 Å². The number of alkyl halides is 1. The van der Waals surface area contributed by atoms with Crippen LogP contribution in [-0.2, 0) is 0 Å². The van der Waals surface area contributed by atoms with E-state index in [4.69, 9.17) is 0 Å². The molecule has 0 bridgehead atoms. The van der Waals surface area contributed by atoms with E-state index >= 15 is 4.39 Å². The van der Waals surface area contributed by atoms with Crippen LogP contribution in [0.1, 0.15) is 31.7 Å². The van der Waals surface area contributed by atoms with Gasteiger partial charge in [0, 0.05) is 61.2 Å². The molecule has 0 aliphatic carbocycles. The number of fused-ring (bicyclic) bond motifs is 1. The van der Waals surface area contributed by atoms with Gasteiger partial charge in [-0.25, -0.2) is 4.39 Å².